The molecule has 0 fully saturated rings. The summed E-state index contributed by atoms with van der Waals surface area (Å²) in [5.41, 5.74) is 2.77. The summed E-state index contributed by atoms with van der Waals surface area (Å²) in [5.74, 6) is 0. The van der Waals surface area contributed by atoms with E-state index in [1.54, 1.807) is 0 Å². The van der Waals surface area contributed by atoms with E-state index in [-0.39, 0.29) is 0 Å². The molecular formula is C18H16. The second-order valence-corrected chi connectivity index (χ2v) is 4.70. The summed E-state index contributed by atoms with van der Waals surface area (Å²) in [4.78, 5) is 0. The molecule has 18 heavy (non-hydrogen) atoms. The van der Waals surface area contributed by atoms with Crippen LogP contribution in [0.1, 0.15) is 12.8 Å². The summed E-state index contributed by atoms with van der Waals surface area (Å²) >= 11 is 0. The minimum atomic E-state index is 1.06. The van der Waals surface area contributed by atoms with E-state index in [9.17, 15) is 0 Å². The minimum absolute atomic E-state index is 1.06. The smallest absolute Gasteiger partial charge is 0.00941 e. The number of rotatable bonds is 2. The standard InChI is InChI=1S/C18H16/c1-2-6-15(5-1)13-17-9-11-18(12-10-17)14-16-7-3-4-8-16/h1-5,7,9-14H,6,8H2. The van der Waals surface area contributed by atoms with Gasteiger partial charge in [0.2, 0.25) is 0 Å². The molecule has 0 amide bonds. The van der Waals surface area contributed by atoms with E-state index >= 15 is 0 Å². The van der Waals surface area contributed by atoms with Crippen molar-refractivity contribution in [2.24, 2.45) is 0 Å². The van der Waals surface area contributed by atoms with Crippen molar-refractivity contribution in [1.82, 2.24) is 0 Å². The van der Waals surface area contributed by atoms with Gasteiger partial charge in [-0.15, -0.1) is 0 Å². The van der Waals surface area contributed by atoms with Gasteiger partial charge in [-0.2, -0.15) is 0 Å². The Bertz CT molecular complexity index is 595. The molecule has 0 aromatic heterocycles. The van der Waals surface area contributed by atoms with Gasteiger partial charge < -0.3 is 0 Å². The van der Waals surface area contributed by atoms with E-state index in [1.807, 2.05) is 0 Å². The van der Waals surface area contributed by atoms with Crippen molar-refractivity contribution in [1.29, 1.82) is 0 Å². The Balaban J connectivity index is 1.85. The molecule has 2 aliphatic carbocycles. The average Bonchev–Trinajstić information content (AvgIpc) is 3.05. The first-order valence-electron chi connectivity index (χ1n) is 6.41. The highest BCUT2D eigenvalue weighted by Gasteiger charge is 1.95. The van der Waals surface area contributed by atoms with E-state index < -0.39 is 0 Å². The maximum atomic E-state index is 2.25. The van der Waals surface area contributed by atoms with Gasteiger partial charge in [0.15, 0.2) is 0 Å². The van der Waals surface area contributed by atoms with Gasteiger partial charge in [0.1, 0.15) is 0 Å². The Kier molecular flexibility index (Phi) is 3.10. The normalized spacial score (nSPS) is 16.7. The summed E-state index contributed by atoms with van der Waals surface area (Å²) in [5, 5.41) is 2.56. The van der Waals surface area contributed by atoms with Crippen molar-refractivity contribution in [3.8, 4) is 0 Å². The average molecular weight is 232 g/mol. The predicted octanol–water partition coefficient (Wildman–Crippen LogP) is 3.02. The van der Waals surface area contributed by atoms with Gasteiger partial charge in [-0.25, -0.2) is 0 Å². The molecule has 3 rings (SSSR count). The fourth-order valence-corrected chi connectivity index (χ4v) is 2.26. The molecule has 0 atom stereocenters. The summed E-state index contributed by atoms with van der Waals surface area (Å²) in [6, 6.07) is 8.75. The molecule has 0 aliphatic heterocycles. The van der Waals surface area contributed by atoms with Crippen molar-refractivity contribution in [2.75, 3.05) is 0 Å². The lowest BCUT2D eigenvalue weighted by atomic mass is 10.1. The quantitative estimate of drug-likeness (QED) is 0.735. The van der Waals surface area contributed by atoms with E-state index in [1.165, 1.54) is 21.6 Å². The van der Waals surface area contributed by atoms with Crippen LogP contribution in [0.2, 0.25) is 0 Å². The zero-order valence-corrected chi connectivity index (χ0v) is 10.3. The molecule has 0 bridgehead atoms. The third-order valence-corrected chi connectivity index (χ3v) is 3.24. The van der Waals surface area contributed by atoms with Crippen LogP contribution in [0.15, 0.2) is 71.9 Å². The summed E-state index contributed by atoms with van der Waals surface area (Å²) in [7, 11) is 0. The Morgan fingerprint density at radius 3 is 1.44 bits per heavy atom. The minimum Gasteiger partial charge on any atom is -0.0801 e. The third kappa shape index (κ3) is 2.60. The fourth-order valence-electron chi connectivity index (χ4n) is 2.26. The molecule has 0 nitrogen and oxygen atoms in total. The van der Waals surface area contributed by atoms with E-state index in [4.69, 9.17) is 0 Å². The van der Waals surface area contributed by atoms with E-state index in [0.29, 0.717) is 0 Å². The molecule has 0 saturated heterocycles. The van der Waals surface area contributed by atoms with Crippen molar-refractivity contribution in [2.45, 2.75) is 12.8 Å². The molecule has 0 radical (unpaired) electrons. The van der Waals surface area contributed by atoms with Crippen LogP contribution < -0.4 is 10.4 Å². The molecule has 0 heterocycles. The Morgan fingerprint density at radius 1 is 0.667 bits per heavy atom. The summed E-state index contributed by atoms with van der Waals surface area (Å²) in [6.45, 7) is 0. The molecule has 2 aliphatic rings. The van der Waals surface area contributed by atoms with Crippen molar-refractivity contribution >= 4 is 12.2 Å². The SMILES string of the molecule is C1=CCC(C=c2ccc(=CC3=CC=CC3)cc2)=C1. The maximum Gasteiger partial charge on any atom is -0.00941 e. The predicted molar refractivity (Wildman–Crippen MR) is 78.3 cm³/mol. The van der Waals surface area contributed by atoms with Gasteiger partial charge in [-0.1, -0.05) is 72.9 Å². The number of hydrogen-bond acceptors (Lipinski definition) is 0. The van der Waals surface area contributed by atoms with Gasteiger partial charge in [-0.3, -0.25) is 0 Å². The van der Waals surface area contributed by atoms with Crippen LogP contribution in [-0.4, -0.2) is 0 Å². The molecule has 88 valence electrons. The second kappa shape index (κ2) is 5.05. The molecule has 0 N–H and O–H groups in total. The number of allylic oxidation sites excluding steroid dienone is 8. The van der Waals surface area contributed by atoms with E-state index in [0.717, 1.165) is 12.8 Å². The maximum absolute atomic E-state index is 2.25. The van der Waals surface area contributed by atoms with Crippen LogP contribution >= 0.6 is 0 Å². The fraction of sp³-hybridized carbons (Fsp3) is 0.111. The zero-order valence-electron chi connectivity index (χ0n) is 10.3. The van der Waals surface area contributed by atoms with Crippen LogP contribution in [0.3, 0.4) is 0 Å². The Morgan fingerprint density at radius 2 is 1.11 bits per heavy atom. The summed E-state index contributed by atoms with van der Waals surface area (Å²) < 4.78 is 0. The van der Waals surface area contributed by atoms with E-state index in [2.05, 4.69) is 72.9 Å². The van der Waals surface area contributed by atoms with Crippen LogP contribution in [0.25, 0.3) is 12.2 Å². The monoisotopic (exact) mass is 232 g/mol. The Labute approximate surface area is 108 Å². The van der Waals surface area contributed by atoms with Crippen molar-refractivity contribution in [3.63, 3.8) is 0 Å². The van der Waals surface area contributed by atoms with Crippen LogP contribution in [0.4, 0.5) is 0 Å². The largest absolute Gasteiger partial charge is 0.0801 e. The molecule has 0 heteroatoms. The van der Waals surface area contributed by atoms with Crippen LogP contribution in [0.5, 0.6) is 0 Å². The van der Waals surface area contributed by atoms with Gasteiger partial charge >= 0.3 is 0 Å². The number of benzene rings is 1. The molecule has 1 aromatic rings. The van der Waals surface area contributed by atoms with Crippen molar-refractivity contribution in [3.05, 3.63) is 82.3 Å². The molecule has 0 unspecified atom stereocenters. The van der Waals surface area contributed by atoms with Gasteiger partial charge in [0.05, 0.1) is 0 Å². The highest BCUT2D eigenvalue weighted by molar-refractivity contribution is 5.53. The molecule has 1 aromatic carbocycles. The first-order chi connectivity index (χ1) is 8.90. The lowest BCUT2D eigenvalue weighted by Crippen LogP contribution is -2.07. The third-order valence-electron chi connectivity index (χ3n) is 3.24. The Hall–Kier alpha value is -2.08. The second-order valence-electron chi connectivity index (χ2n) is 4.70. The lowest BCUT2D eigenvalue weighted by Gasteiger charge is -1.93. The van der Waals surface area contributed by atoms with Gasteiger partial charge in [0, 0.05) is 0 Å². The highest BCUT2D eigenvalue weighted by Crippen LogP contribution is 2.11. The molecule has 0 saturated carbocycles. The van der Waals surface area contributed by atoms with Crippen LogP contribution in [0, 0.1) is 0 Å². The lowest BCUT2D eigenvalue weighted by molar-refractivity contribution is 1.35. The van der Waals surface area contributed by atoms with Gasteiger partial charge in [0.25, 0.3) is 0 Å². The summed E-state index contributed by atoms with van der Waals surface area (Å²) in [6.07, 6.45) is 19.6. The number of hydrogen-bond donors (Lipinski definition) is 0. The van der Waals surface area contributed by atoms with Gasteiger partial charge in [-0.05, 0) is 34.4 Å². The first-order valence-corrected chi connectivity index (χ1v) is 6.41. The molecular weight excluding hydrogens is 216 g/mol. The topological polar surface area (TPSA) is 0 Å². The highest BCUT2D eigenvalue weighted by atomic mass is 14.0. The van der Waals surface area contributed by atoms with Crippen LogP contribution in [-0.2, 0) is 0 Å². The zero-order chi connectivity index (χ0) is 12.2. The first kappa shape index (κ1) is 11.0. The molecule has 0 spiro atoms. The van der Waals surface area contributed by atoms with Crippen molar-refractivity contribution < 1.29 is 0 Å².